The summed E-state index contributed by atoms with van der Waals surface area (Å²) in [4.78, 5) is 0. The fraction of sp³-hybridized carbons (Fsp3) is 0.778. The van der Waals surface area contributed by atoms with E-state index in [2.05, 4.69) is 45.7 Å². The predicted molar refractivity (Wildman–Crippen MR) is 59.3 cm³/mol. The Morgan fingerprint density at radius 1 is 1.36 bits per heavy atom. The molecule has 0 aliphatic heterocycles. The van der Waals surface area contributed by atoms with Gasteiger partial charge in [0.25, 0.3) is 0 Å². The predicted octanol–water partition coefficient (Wildman–Crippen LogP) is 1.54. The van der Waals surface area contributed by atoms with Crippen LogP contribution in [0.4, 0.5) is 0 Å². The van der Waals surface area contributed by atoms with E-state index in [-0.39, 0.29) is 14.5 Å². The van der Waals surface area contributed by atoms with Crippen LogP contribution in [0.15, 0.2) is 0 Å². The van der Waals surface area contributed by atoms with Crippen LogP contribution < -0.4 is 0 Å². The molecule has 0 aromatic heterocycles. The minimum absolute atomic E-state index is 0.226. The Morgan fingerprint density at radius 3 is 2.27 bits per heavy atom. The van der Waals surface area contributed by atoms with Gasteiger partial charge in [0.1, 0.15) is 8.31 Å². The fourth-order valence-corrected chi connectivity index (χ4v) is 5.87. The van der Waals surface area contributed by atoms with Crippen molar-refractivity contribution in [1.82, 2.24) is 0 Å². The Kier molecular flexibility index (Phi) is 4.79. The van der Waals surface area contributed by atoms with Crippen molar-refractivity contribution in [3.05, 3.63) is 0 Å². The van der Waals surface area contributed by atoms with Crippen LogP contribution in [0.5, 0.6) is 0 Å². The van der Waals surface area contributed by atoms with Crippen molar-refractivity contribution in [2.75, 3.05) is 0 Å². The molecule has 0 aliphatic rings. The highest BCUT2D eigenvalue weighted by Crippen LogP contribution is 2.09. The van der Waals surface area contributed by atoms with Crippen molar-refractivity contribution in [1.29, 1.82) is 0 Å². The quantitative estimate of drug-likeness (QED) is 0.451. The van der Waals surface area contributed by atoms with Gasteiger partial charge in [-0.2, -0.15) is 0 Å². The molecule has 2 heteroatoms. The van der Waals surface area contributed by atoms with Crippen molar-refractivity contribution < 1.29 is 0 Å². The average Bonchev–Trinajstić information content (AvgIpc) is 1.83. The molecule has 0 bridgehead atoms. The Balaban J connectivity index is 3.87. The van der Waals surface area contributed by atoms with E-state index >= 15 is 0 Å². The highest BCUT2D eigenvalue weighted by atomic mass is 29.2. The molecule has 0 aromatic carbocycles. The van der Waals surface area contributed by atoms with E-state index in [9.17, 15) is 0 Å². The number of hydrogen-bond acceptors (Lipinski definition) is 0. The van der Waals surface area contributed by atoms with Gasteiger partial charge in [-0.3, -0.25) is 0 Å². The summed E-state index contributed by atoms with van der Waals surface area (Å²) in [7, 11) is -0.282. The van der Waals surface area contributed by atoms with E-state index in [1.165, 1.54) is 6.04 Å². The smallest absolute Gasteiger partial charge is 0.104 e. The summed E-state index contributed by atoms with van der Waals surface area (Å²) in [5.74, 6) is 3.35. The lowest BCUT2D eigenvalue weighted by Crippen LogP contribution is -2.15. The average molecular weight is 184 g/mol. The first-order valence-electron chi connectivity index (χ1n) is 4.48. The molecule has 1 atom stereocenters. The first kappa shape index (κ1) is 11.0. The van der Waals surface area contributed by atoms with Gasteiger partial charge in [0, 0.05) is 14.5 Å². The summed E-state index contributed by atoms with van der Waals surface area (Å²) in [5.41, 5.74) is 3.70. The fourth-order valence-electron chi connectivity index (χ4n) is 0.845. The molecule has 64 valence electrons. The van der Waals surface area contributed by atoms with Crippen LogP contribution in [-0.2, 0) is 0 Å². The van der Waals surface area contributed by atoms with Crippen LogP contribution in [-0.4, -0.2) is 17.4 Å². The summed E-state index contributed by atoms with van der Waals surface area (Å²) in [6.07, 6.45) is 0. The highest BCUT2D eigenvalue weighted by molar-refractivity contribution is 7.16. The third-order valence-electron chi connectivity index (χ3n) is 1.42. The number of rotatable bonds is 2. The Morgan fingerprint density at radius 2 is 1.91 bits per heavy atom. The molecule has 0 saturated carbocycles. The molecular formula is C9H20Si2. The SMILES string of the molecule is CC[SiH2][SiH](C)C#CC(C)(C)C. The molecule has 0 N–H and O–H groups in total. The lowest BCUT2D eigenvalue weighted by atomic mass is 9.99. The lowest BCUT2D eigenvalue weighted by molar-refractivity contribution is 0.571. The zero-order valence-corrected chi connectivity index (χ0v) is 11.1. The minimum Gasteiger partial charge on any atom is -0.139 e. The van der Waals surface area contributed by atoms with E-state index in [4.69, 9.17) is 0 Å². The molecule has 0 fully saturated rings. The second kappa shape index (κ2) is 4.79. The summed E-state index contributed by atoms with van der Waals surface area (Å²) < 4.78 is 0. The summed E-state index contributed by atoms with van der Waals surface area (Å²) in [6, 6.07) is 1.44. The van der Waals surface area contributed by atoms with Crippen molar-refractivity contribution in [2.24, 2.45) is 5.41 Å². The summed E-state index contributed by atoms with van der Waals surface area (Å²) in [6.45, 7) is 11.3. The lowest BCUT2D eigenvalue weighted by Gasteiger charge is -2.08. The molecule has 0 rings (SSSR count). The molecule has 0 amide bonds. The third-order valence-corrected chi connectivity index (χ3v) is 8.44. The highest BCUT2D eigenvalue weighted by Gasteiger charge is 2.04. The molecule has 0 aromatic rings. The van der Waals surface area contributed by atoms with E-state index in [0.717, 1.165) is 0 Å². The Bertz CT molecular complexity index is 157. The van der Waals surface area contributed by atoms with Gasteiger partial charge in [0.05, 0.1) is 0 Å². The molecule has 0 saturated heterocycles. The van der Waals surface area contributed by atoms with Crippen LogP contribution in [0, 0.1) is 16.9 Å². The maximum Gasteiger partial charge on any atom is 0.104 e. The van der Waals surface area contributed by atoms with E-state index in [0.29, 0.717) is 0 Å². The van der Waals surface area contributed by atoms with Crippen molar-refractivity contribution in [3.63, 3.8) is 0 Å². The first-order chi connectivity index (χ1) is 4.95. The van der Waals surface area contributed by atoms with Gasteiger partial charge >= 0.3 is 0 Å². The monoisotopic (exact) mass is 184 g/mol. The minimum atomic E-state index is -0.524. The third kappa shape index (κ3) is 7.89. The molecule has 11 heavy (non-hydrogen) atoms. The molecular weight excluding hydrogens is 164 g/mol. The van der Waals surface area contributed by atoms with E-state index < -0.39 is 8.31 Å². The maximum atomic E-state index is 3.47. The molecule has 1 unspecified atom stereocenters. The normalized spacial score (nSPS) is 14.6. The standard InChI is InChI=1S/C9H20Si2/c1-6-10-11(5)8-7-9(2,3)4/h11H,6,10H2,1-5H3. The number of hydrogen-bond donors (Lipinski definition) is 0. The van der Waals surface area contributed by atoms with Gasteiger partial charge in [-0.1, -0.05) is 19.5 Å². The molecule has 0 radical (unpaired) electrons. The van der Waals surface area contributed by atoms with Gasteiger partial charge < -0.3 is 0 Å². The van der Waals surface area contributed by atoms with Gasteiger partial charge in [-0.15, -0.1) is 11.5 Å². The second-order valence-electron chi connectivity index (χ2n) is 4.21. The van der Waals surface area contributed by atoms with Crippen molar-refractivity contribution >= 4 is 17.4 Å². The van der Waals surface area contributed by atoms with Crippen molar-refractivity contribution in [2.45, 2.75) is 40.3 Å². The second-order valence-corrected chi connectivity index (χ2v) is 13.3. The van der Waals surface area contributed by atoms with Crippen molar-refractivity contribution in [3.8, 4) is 11.5 Å². The van der Waals surface area contributed by atoms with Crippen LogP contribution in [0.1, 0.15) is 27.7 Å². The zero-order valence-electron chi connectivity index (χ0n) is 8.49. The molecule has 0 heterocycles. The Labute approximate surface area is 75.0 Å². The maximum absolute atomic E-state index is 3.47. The zero-order chi connectivity index (χ0) is 8.91. The van der Waals surface area contributed by atoms with Crippen LogP contribution in [0.2, 0.25) is 12.6 Å². The van der Waals surface area contributed by atoms with Crippen LogP contribution in [0.3, 0.4) is 0 Å². The summed E-state index contributed by atoms with van der Waals surface area (Å²) >= 11 is 0. The van der Waals surface area contributed by atoms with Gasteiger partial charge in [-0.05, 0) is 20.8 Å². The largest absolute Gasteiger partial charge is 0.139 e. The van der Waals surface area contributed by atoms with Gasteiger partial charge in [0.15, 0.2) is 0 Å². The topological polar surface area (TPSA) is 0 Å². The molecule has 0 aliphatic carbocycles. The van der Waals surface area contributed by atoms with E-state index in [1.54, 1.807) is 0 Å². The molecule has 0 nitrogen and oxygen atoms in total. The first-order valence-corrected chi connectivity index (χ1v) is 10.5. The van der Waals surface area contributed by atoms with Crippen LogP contribution in [0.25, 0.3) is 0 Å². The summed E-state index contributed by atoms with van der Waals surface area (Å²) in [5, 5.41) is 0. The van der Waals surface area contributed by atoms with Gasteiger partial charge in [-0.25, -0.2) is 0 Å². The molecule has 0 spiro atoms. The Hall–Kier alpha value is -0.00623. The van der Waals surface area contributed by atoms with Crippen LogP contribution >= 0.6 is 0 Å². The van der Waals surface area contributed by atoms with Gasteiger partial charge in [0.2, 0.25) is 0 Å². The van der Waals surface area contributed by atoms with E-state index in [1.807, 2.05) is 0 Å².